The molecule has 1 aromatic rings. The van der Waals surface area contributed by atoms with E-state index < -0.39 is 11.6 Å². The van der Waals surface area contributed by atoms with Gasteiger partial charge in [-0.1, -0.05) is 0 Å². The van der Waals surface area contributed by atoms with Gasteiger partial charge in [0.2, 0.25) is 5.91 Å². The van der Waals surface area contributed by atoms with Crippen LogP contribution in [0.5, 0.6) is 5.75 Å². The first kappa shape index (κ1) is 14.7. The summed E-state index contributed by atoms with van der Waals surface area (Å²) in [5.74, 6) is -1.61. The normalized spacial score (nSPS) is 18.8. The van der Waals surface area contributed by atoms with Crippen LogP contribution in [0.25, 0.3) is 0 Å². The summed E-state index contributed by atoms with van der Waals surface area (Å²) in [5, 5.41) is 0. The van der Waals surface area contributed by atoms with Crippen LogP contribution in [0.4, 0.5) is 8.78 Å². The predicted octanol–water partition coefficient (Wildman–Crippen LogP) is 1.68. The fraction of sp³-hybridized carbons (Fsp3) is 0.500. The number of carbonyl (C=O) groups is 1. The molecule has 1 aromatic carbocycles. The summed E-state index contributed by atoms with van der Waals surface area (Å²) in [7, 11) is 0. The standard InChI is InChI=1S/C14H18F2N2O2/c1-9(14(17)19)18-6-4-11(5-7-18)20-13-3-2-10(15)8-12(13)16/h2-3,8-9,11H,4-7H2,1H3,(H2,17,19). The first-order valence-corrected chi connectivity index (χ1v) is 6.62. The van der Waals surface area contributed by atoms with E-state index >= 15 is 0 Å². The number of benzene rings is 1. The Bertz CT molecular complexity index is 488. The summed E-state index contributed by atoms with van der Waals surface area (Å²) < 4.78 is 31.8. The predicted molar refractivity (Wildman–Crippen MR) is 70.2 cm³/mol. The van der Waals surface area contributed by atoms with Crippen LogP contribution in [-0.4, -0.2) is 36.0 Å². The highest BCUT2D eigenvalue weighted by Gasteiger charge is 2.26. The van der Waals surface area contributed by atoms with Gasteiger partial charge in [-0.25, -0.2) is 8.78 Å². The molecule has 0 radical (unpaired) electrons. The second-order valence-corrected chi connectivity index (χ2v) is 5.01. The minimum Gasteiger partial charge on any atom is -0.487 e. The number of amides is 1. The Morgan fingerprint density at radius 1 is 1.40 bits per heavy atom. The van der Waals surface area contributed by atoms with Crippen LogP contribution in [-0.2, 0) is 4.79 Å². The molecule has 1 aliphatic rings. The van der Waals surface area contributed by atoms with E-state index in [2.05, 4.69) is 0 Å². The van der Waals surface area contributed by atoms with Gasteiger partial charge in [-0.05, 0) is 31.9 Å². The number of primary amides is 1. The number of carbonyl (C=O) groups excluding carboxylic acids is 1. The second kappa shape index (κ2) is 6.17. The van der Waals surface area contributed by atoms with Crippen LogP contribution < -0.4 is 10.5 Å². The molecule has 2 N–H and O–H groups in total. The highest BCUT2D eigenvalue weighted by atomic mass is 19.1. The maximum absolute atomic E-state index is 13.5. The number of rotatable bonds is 4. The van der Waals surface area contributed by atoms with E-state index in [1.807, 2.05) is 4.90 Å². The lowest BCUT2D eigenvalue weighted by Crippen LogP contribution is -2.48. The lowest BCUT2D eigenvalue weighted by molar-refractivity contribution is -0.123. The maximum atomic E-state index is 13.5. The van der Waals surface area contributed by atoms with Crippen LogP contribution in [0, 0.1) is 11.6 Å². The molecule has 0 aromatic heterocycles. The molecular weight excluding hydrogens is 266 g/mol. The molecule has 0 bridgehead atoms. The van der Waals surface area contributed by atoms with Gasteiger partial charge in [-0.3, -0.25) is 9.69 Å². The van der Waals surface area contributed by atoms with Crippen LogP contribution in [0.3, 0.4) is 0 Å². The van der Waals surface area contributed by atoms with Crippen molar-refractivity contribution in [2.45, 2.75) is 31.9 Å². The number of hydrogen-bond donors (Lipinski definition) is 1. The molecule has 20 heavy (non-hydrogen) atoms. The summed E-state index contributed by atoms with van der Waals surface area (Å²) in [5.41, 5.74) is 5.26. The van der Waals surface area contributed by atoms with Crippen molar-refractivity contribution in [2.75, 3.05) is 13.1 Å². The number of ether oxygens (including phenoxy) is 1. The van der Waals surface area contributed by atoms with Gasteiger partial charge in [0.25, 0.3) is 0 Å². The van der Waals surface area contributed by atoms with E-state index in [0.717, 1.165) is 6.07 Å². The molecule has 6 heteroatoms. The Balaban J connectivity index is 1.90. The van der Waals surface area contributed by atoms with Gasteiger partial charge in [0.05, 0.1) is 6.04 Å². The zero-order valence-electron chi connectivity index (χ0n) is 11.3. The average Bonchev–Trinajstić information content (AvgIpc) is 2.42. The summed E-state index contributed by atoms with van der Waals surface area (Å²) in [6, 6.07) is 2.96. The lowest BCUT2D eigenvalue weighted by atomic mass is 10.1. The van der Waals surface area contributed by atoms with Gasteiger partial charge in [0.1, 0.15) is 11.9 Å². The maximum Gasteiger partial charge on any atom is 0.234 e. The highest BCUT2D eigenvalue weighted by molar-refractivity contribution is 5.79. The Morgan fingerprint density at radius 3 is 2.60 bits per heavy atom. The van der Waals surface area contributed by atoms with Crippen molar-refractivity contribution in [1.82, 2.24) is 4.90 Å². The van der Waals surface area contributed by atoms with Gasteiger partial charge >= 0.3 is 0 Å². The minimum atomic E-state index is -0.696. The topological polar surface area (TPSA) is 55.6 Å². The SMILES string of the molecule is CC(C(N)=O)N1CCC(Oc2ccc(F)cc2F)CC1. The summed E-state index contributed by atoms with van der Waals surface area (Å²) in [6.07, 6.45) is 1.22. The average molecular weight is 284 g/mol. The van der Waals surface area contributed by atoms with Crippen molar-refractivity contribution in [3.05, 3.63) is 29.8 Å². The first-order chi connectivity index (χ1) is 9.47. The van der Waals surface area contributed by atoms with Crippen LogP contribution in [0.2, 0.25) is 0 Å². The lowest BCUT2D eigenvalue weighted by Gasteiger charge is -2.34. The third-order valence-corrected chi connectivity index (χ3v) is 3.62. The third kappa shape index (κ3) is 3.45. The van der Waals surface area contributed by atoms with E-state index in [1.165, 1.54) is 12.1 Å². The molecule has 110 valence electrons. The van der Waals surface area contributed by atoms with E-state index in [-0.39, 0.29) is 23.8 Å². The molecule has 1 fully saturated rings. The first-order valence-electron chi connectivity index (χ1n) is 6.62. The summed E-state index contributed by atoms with van der Waals surface area (Å²) in [4.78, 5) is 13.1. The van der Waals surface area contributed by atoms with Crippen molar-refractivity contribution in [1.29, 1.82) is 0 Å². The monoisotopic (exact) mass is 284 g/mol. The third-order valence-electron chi connectivity index (χ3n) is 3.62. The van der Waals surface area contributed by atoms with E-state index in [4.69, 9.17) is 10.5 Å². The Hall–Kier alpha value is -1.69. The number of piperidine rings is 1. The van der Waals surface area contributed by atoms with Gasteiger partial charge in [-0.15, -0.1) is 0 Å². The number of nitrogens with zero attached hydrogens (tertiary/aromatic N) is 1. The van der Waals surface area contributed by atoms with Crippen LogP contribution in [0.15, 0.2) is 18.2 Å². The largest absolute Gasteiger partial charge is 0.487 e. The van der Waals surface area contributed by atoms with Crippen molar-refractivity contribution >= 4 is 5.91 Å². The van der Waals surface area contributed by atoms with Gasteiger partial charge in [-0.2, -0.15) is 0 Å². The van der Waals surface area contributed by atoms with Gasteiger partial charge < -0.3 is 10.5 Å². The Kier molecular flexibility index (Phi) is 4.54. The number of hydrogen-bond acceptors (Lipinski definition) is 3. The smallest absolute Gasteiger partial charge is 0.234 e. The molecule has 0 aliphatic carbocycles. The van der Waals surface area contributed by atoms with Crippen molar-refractivity contribution < 1.29 is 18.3 Å². The van der Waals surface area contributed by atoms with Crippen molar-refractivity contribution in [2.24, 2.45) is 5.73 Å². The summed E-state index contributed by atoms with van der Waals surface area (Å²) >= 11 is 0. The van der Waals surface area contributed by atoms with Crippen molar-refractivity contribution in [3.63, 3.8) is 0 Å². The molecule has 1 aliphatic heterocycles. The highest BCUT2D eigenvalue weighted by Crippen LogP contribution is 2.23. The molecule has 0 spiro atoms. The van der Waals surface area contributed by atoms with Crippen LogP contribution in [0.1, 0.15) is 19.8 Å². The molecular formula is C14H18F2N2O2. The zero-order chi connectivity index (χ0) is 14.7. The molecule has 1 heterocycles. The Morgan fingerprint density at radius 2 is 2.05 bits per heavy atom. The Labute approximate surface area is 116 Å². The summed E-state index contributed by atoms with van der Waals surface area (Å²) in [6.45, 7) is 3.10. The van der Waals surface area contributed by atoms with E-state index in [1.54, 1.807) is 6.92 Å². The molecule has 1 amide bonds. The number of halogens is 2. The zero-order valence-corrected chi connectivity index (χ0v) is 11.3. The van der Waals surface area contributed by atoms with E-state index in [0.29, 0.717) is 25.9 Å². The van der Waals surface area contributed by atoms with Crippen LogP contribution >= 0.6 is 0 Å². The molecule has 0 saturated carbocycles. The second-order valence-electron chi connectivity index (χ2n) is 5.01. The molecule has 1 saturated heterocycles. The number of likely N-dealkylation sites (tertiary alicyclic amines) is 1. The molecule has 2 rings (SSSR count). The van der Waals surface area contributed by atoms with Gasteiger partial charge in [0.15, 0.2) is 11.6 Å². The minimum absolute atomic E-state index is 0.0628. The van der Waals surface area contributed by atoms with Gasteiger partial charge in [0, 0.05) is 19.2 Å². The molecule has 1 unspecified atom stereocenters. The fourth-order valence-electron chi connectivity index (χ4n) is 2.31. The van der Waals surface area contributed by atoms with E-state index in [9.17, 15) is 13.6 Å². The molecule has 4 nitrogen and oxygen atoms in total. The van der Waals surface area contributed by atoms with Crippen molar-refractivity contribution in [3.8, 4) is 5.75 Å². The molecule has 1 atom stereocenters. The number of nitrogens with two attached hydrogens (primary N) is 1. The quantitative estimate of drug-likeness (QED) is 0.915. The fourth-order valence-corrected chi connectivity index (χ4v) is 2.31.